The molecule has 0 radical (unpaired) electrons. The smallest absolute Gasteiger partial charge is 0.0761 e. The molecule has 0 amide bonds. The third-order valence-electron chi connectivity index (χ3n) is 5.73. The number of hydrogen-bond donors (Lipinski definition) is 0. The van der Waals surface area contributed by atoms with Gasteiger partial charge in [-0.3, -0.25) is 0 Å². The van der Waals surface area contributed by atoms with Gasteiger partial charge in [0.25, 0.3) is 0 Å². The summed E-state index contributed by atoms with van der Waals surface area (Å²) in [5, 5.41) is 0. The van der Waals surface area contributed by atoms with Gasteiger partial charge >= 0.3 is 0 Å². The van der Waals surface area contributed by atoms with Gasteiger partial charge in [0.05, 0.1) is 5.60 Å². The highest BCUT2D eigenvalue weighted by Gasteiger charge is 2.50. The average Bonchev–Trinajstić information content (AvgIpc) is 2.49. The van der Waals surface area contributed by atoms with E-state index in [2.05, 4.69) is 70.2 Å². The largest absolute Gasteiger partial charge is 0.378 e. The first kappa shape index (κ1) is 16.5. The molecule has 3 aliphatic rings. The summed E-state index contributed by atoms with van der Waals surface area (Å²) in [5.74, 6) is 1.11. The second-order valence-electron chi connectivity index (χ2n) is 8.26. The number of benzene rings is 1. The molecule has 124 valence electrons. The van der Waals surface area contributed by atoms with E-state index < -0.39 is 0 Å². The fourth-order valence-electron chi connectivity index (χ4n) is 4.60. The highest BCUT2D eigenvalue weighted by atomic mass is 16.5. The average molecular weight is 310 g/mol. The Morgan fingerprint density at radius 3 is 2.43 bits per heavy atom. The van der Waals surface area contributed by atoms with Crippen LogP contribution in [-0.4, -0.2) is 12.7 Å². The van der Waals surface area contributed by atoms with Crippen LogP contribution < -0.4 is 0 Å². The number of ether oxygens (including phenoxy) is 1. The minimum atomic E-state index is -0.0753. The monoisotopic (exact) mass is 310 g/mol. The fraction of sp³-hybridized carbons (Fsp3) is 0.545. The van der Waals surface area contributed by atoms with Gasteiger partial charge in [-0.1, -0.05) is 74.4 Å². The van der Waals surface area contributed by atoms with Crippen LogP contribution in [-0.2, 0) is 11.2 Å². The molecule has 0 saturated carbocycles. The van der Waals surface area contributed by atoms with Crippen molar-refractivity contribution in [2.24, 2.45) is 17.3 Å². The molecule has 0 N–H and O–H groups in total. The van der Waals surface area contributed by atoms with Crippen LogP contribution in [0, 0.1) is 17.3 Å². The third-order valence-corrected chi connectivity index (χ3v) is 5.73. The topological polar surface area (TPSA) is 9.23 Å². The molecule has 1 unspecified atom stereocenters. The summed E-state index contributed by atoms with van der Waals surface area (Å²) in [5.41, 5.74) is 4.61. The van der Waals surface area contributed by atoms with Crippen molar-refractivity contribution >= 4 is 0 Å². The van der Waals surface area contributed by atoms with Crippen molar-refractivity contribution < 1.29 is 4.74 Å². The first-order valence-corrected chi connectivity index (χ1v) is 8.88. The van der Waals surface area contributed by atoms with E-state index in [0.717, 1.165) is 12.8 Å². The summed E-state index contributed by atoms with van der Waals surface area (Å²) >= 11 is 0. The number of hydrogen-bond acceptors (Lipinski definition) is 1. The molecule has 3 aliphatic carbocycles. The molecule has 0 spiro atoms. The summed E-state index contributed by atoms with van der Waals surface area (Å²) in [7, 11) is 1.88. The number of fused-ring (bicyclic) bond motifs is 1. The van der Waals surface area contributed by atoms with Gasteiger partial charge in [0, 0.05) is 18.4 Å². The molecule has 0 aliphatic heterocycles. The van der Waals surface area contributed by atoms with Gasteiger partial charge in [0.2, 0.25) is 0 Å². The van der Waals surface area contributed by atoms with Gasteiger partial charge in [-0.15, -0.1) is 0 Å². The van der Waals surface area contributed by atoms with Crippen molar-refractivity contribution in [1.82, 2.24) is 0 Å². The predicted molar refractivity (Wildman–Crippen MR) is 97.4 cm³/mol. The Balaban J connectivity index is 1.95. The quantitative estimate of drug-likeness (QED) is 0.646. The standard InChI is InChI=1S/C22H30O/c1-16(2)11-19-13-20-18(12-17-9-7-6-8-10-17)14-21(19,3)15-22(20,4)23-5/h6-10,13-14,16,20H,11-12,15H2,1-5H3/t20-,21+,22?/m0/s1. The maximum absolute atomic E-state index is 6.01. The molecule has 3 atom stereocenters. The van der Waals surface area contributed by atoms with E-state index >= 15 is 0 Å². The zero-order chi connectivity index (χ0) is 16.7. The minimum Gasteiger partial charge on any atom is -0.378 e. The molecule has 0 heterocycles. The van der Waals surface area contributed by atoms with Gasteiger partial charge in [0.1, 0.15) is 0 Å². The van der Waals surface area contributed by atoms with Crippen LogP contribution in [0.2, 0.25) is 0 Å². The lowest BCUT2D eigenvalue weighted by atomic mass is 9.55. The molecular formula is C22H30O. The summed E-state index contributed by atoms with van der Waals surface area (Å²) in [6.07, 6.45) is 8.42. The second-order valence-corrected chi connectivity index (χ2v) is 8.26. The van der Waals surface area contributed by atoms with Crippen molar-refractivity contribution in [3.63, 3.8) is 0 Å². The van der Waals surface area contributed by atoms with E-state index in [0.29, 0.717) is 11.8 Å². The van der Waals surface area contributed by atoms with Crippen molar-refractivity contribution in [3.8, 4) is 0 Å². The molecular weight excluding hydrogens is 280 g/mol. The Kier molecular flexibility index (Phi) is 4.27. The van der Waals surface area contributed by atoms with Gasteiger partial charge < -0.3 is 4.74 Å². The van der Waals surface area contributed by atoms with Crippen molar-refractivity contribution in [1.29, 1.82) is 0 Å². The van der Waals surface area contributed by atoms with Crippen LogP contribution >= 0.6 is 0 Å². The van der Waals surface area contributed by atoms with Crippen LogP contribution in [0.3, 0.4) is 0 Å². The van der Waals surface area contributed by atoms with E-state index in [1.807, 2.05) is 7.11 Å². The molecule has 0 aromatic heterocycles. The van der Waals surface area contributed by atoms with Crippen molar-refractivity contribution in [3.05, 3.63) is 59.2 Å². The van der Waals surface area contributed by atoms with E-state index in [9.17, 15) is 0 Å². The molecule has 1 aromatic carbocycles. The van der Waals surface area contributed by atoms with Crippen LogP contribution in [0.5, 0.6) is 0 Å². The Labute approximate surface area is 141 Å². The van der Waals surface area contributed by atoms with E-state index in [4.69, 9.17) is 4.74 Å². The Morgan fingerprint density at radius 2 is 1.87 bits per heavy atom. The van der Waals surface area contributed by atoms with Crippen LogP contribution in [0.1, 0.15) is 46.1 Å². The van der Waals surface area contributed by atoms with Gasteiger partial charge in [-0.05, 0) is 37.7 Å². The van der Waals surface area contributed by atoms with E-state index in [-0.39, 0.29) is 11.0 Å². The van der Waals surface area contributed by atoms with Gasteiger partial charge in [-0.2, -0.15) is 0 Å². The predicted octanol–water partition coefficient (Wildman–Crippen LogP) is 5.57. The van der Waals surface area contributed by atoms with Crippen LogP contribution in [0.4, 0.5) is 0 Å². The summed E-state index contributed by atoms with van der Waals surface area (Å²) in [4.78, 5) is 0. The molecule has 1 nitrogen and oxygen atoms in total. The van der Waals surface area contributed by atoms with E-state index in [1.54, 1.807) is 5.57 Å². The molecule has 4 rings (SSSR count). The van der Waals surface area contributed by atoms with Crippen LogP contribution in [0.25, 0.3) is 0 Å². The first-order valence-electron chi connectivity index (χ1n) is 8.88. The molecule has 0 fully saturated rings. The third kappa shape index (κ3) is 3.04. The maximum atomic E-state index is 6.01. The van der Waals surface area contributed by atoms with Crippen LogP contribution in [0.15, 0.2) is 53.6 Å². The summed E-state index contributed by atoms with van der Waals surface area (Å²) in [6, 6.07) is 10.8. The number of rotatable bonds is 5. The van der Waals surface area contributed by atoms with Gasteiger partial charge in [-0.25, -0.2) is 0 Å². The van der Waals surface area contributed by atoms with E-state index in [1.165, 1.54) is 17.6 Å². The minimum absolute atomic E-state index is 0.0753. The Bertz CT molecular complexity index is 625. The maximum Gasteiger partial charge on any atom is 0.0761 e. The fourth-order valence-corrected chi connectivity index (χ4v) is 4.60. The Hall–Kier alpha value is -1.34. The molecule has 2 bridgehead atoms. The summed E-state index contributed by atoms with van der Waals surface area (Å²) in [6.45, 7) is 9.32. The lowest BCUT2D eigenvalue weighted by Crippen LogP contribution is -2.49. The zero-order valence-electron chi connectivity index (χ0n) is 15.2. The summed E-state index contributed by atoms with van der Waals surface area (Å²) < 4.78 is 6.01. The highest BCUT2D eigenvalue weighted by molar-refractivity contribution is 5.43. The SMILES string of the molecule is COC1(C)C[C@@]2(C)C=C(Cc3ccccc3)[C@@H]1C=C2CC(C)C. The molecule has 0 saturated heterocycles. The lowest BCUT2D eigenvalue weighted by molar-refractivity contribution is -0.0566. The zero-order valence-corrected chi connectivity index (χ0v) is 15.2. The van der Waals surface area contributed by atoms with Crippen molar-refractivity contribution in [2.75, 3.05) is 7.11 Å². The first-order chi connectivity index (χ1) is 10.9. The molecule has 1 aromatic rings. The number of allylic oxidation sites excluding steroid dienone is 2. The second kappa shape index (κ2) is 5.94. The lowest BCUT2D eigenvalue weighted by Gasteiger charge is -2.53. The molecule has 1 heteroatoms. The highest BCUT2D eigenvalue weighted by Crippen LogP contribution is 2.56. The van der Waals surface area contributed by atoms with Gasteiger partial charge in [0.15, 0.2) is 0 Å². The van der Waals surface area contributed by atoms with Crippen molar-refractivity contribution in [2.45, 2.75) is 52.6 Å². The molecule has 23 heavy (non-hydrogen) atoms. The Morgan fingerprint density at radius 1 is 1.17 bits per heavy atom. The number of methoxy groups -OCH3 is 1. The normalized spacial score (nSPS) is 32.9.